The van der Waals surface area contributed by atoms with Gasteiger partial charge < -0.3 is 10.1 Å². The van der Waals surface area contributed by atoms with E-state index in [1.54, 1.807) is 18.2 Å². The first-order valence-electron chi connectivity index (χ1n) is 4.89. The predicted molar refractivity (Wildman–Crippen MR) is 72.1 cm³/mol. The molecule has 0 heterocycles. The molecule has 1 N–H and O–H groups in total. The Bertz CT molecular complexity index is 443. The molecule has 17 heavy (non-hydrogen) atoms. The Balaban J connectivity index is 2.45. The summed E-state index contributed by atoms with van der Waals surface area (Å²) in [7, 11) is 0. The summed E-state index contributed by atoms with van der Waals surface area (Å²) in [5.74, 6) is 2.16. The van der Waals surface area contributed by atoms with Gasteiger partial charge in [-0.05, 0) is 18.2 Å². The highest BCUT2D eigenvalue weighted by atomic mass is 79.9. The Labute approximate surface area is 114 Å². The molecular weight excluding hydrogens is 305 g/mol. The number of ether oxygens (including phenoxy) is 1. The summed E-state index contributed by atoms with van der Waals surface area (Å²) in [6.45, 7) is 0.507. The number of terminal acetylenes is 1. The van der Waals surface area contributed by atoms with Crippen LogP contribution in [-0.2, 0) is 9.53 Å². The first-order valence-corrected chi connectivity index (χ1v) is 6.06. The van der Waals surface area contributed by atoms with E-state index in [9.17, 15) is 4.79 Å². The molecule has 1 aromatic carbocycles. The van der Waals surface area contributed by atoms with Crippen molar-refractivity contribution in [2.75, 3.05) is 18.5 Å². The second-order valence-corrected chi connectivity index (χ2v) is 4.50. The summed E-state index contributed by atoms with van der Waals surface area (Å²) in [4.78, 5) is 11.5. The average Bonchev–Trinajstić information content (AvgIpc) is 2.29. The Hall–Kier alpha value is -1.02. The van der Waals surface area contributed by atoms with Gasteiger partial charge in [-0.3, -0.25) is 4.79 Å². The van der Waals surface area contributed by atoms with E-state index in [1.807, 2.05) is 0 Å². The number of rotatable bonds is 5. The number of anilines is 1. The van der Waals surface area contributed by atoms with Gasteiger partial charge in [-0.1, -0.05) is 33.5 Å². The third kappa shape index (κ3) is 5.22. The summed E-state index contributed by atoms with van der Waals surface area (Å²) < 4.78 is 5.85. The lowest BCUT2D eigenvalue weighted by Gasteiger charge is -2.07. The molecule has 0 saturated heterocycles. The molecule has 0 aliphatic rings. The smallest absolute Gasteiger partial charge is 0.226 e. The number of hydrogen-bond acceptors (Lipinski definition) is 2. The molecule has 0 aliphatic carbocycles. The second-order valence-electron chi connectivity index (χ2n) is 3.18. The third-order valence-electron chi connectivity index (χ3n) is 1.86. The van der Waals surface area contributed by atoms with Crippen molar-refractivity contribution in [1.29, 1.82) is 0 Å². The summed E-state index contributed by atoms with van der Waals surface area (Å²) in [6, 6.07) is 5.24. The van der Waals surface area contributed by atoms with E-state index in [0.717, 1.165) is 4.47 Å². The maximum absolute atomic E-state index is 11.5. The Morgan fingerprint density at radius 1 is 1.59 bits per heavy atom. The lowest BCUT2D eigenvalue weighted by Crippen LogP contribution is -2.14. The van der Waals surface area contributed by atoms with Crippen LogP contribution in [0.2, 0.25) is 5.02 Å². The minimum Gasteiger partial charge on any atom is -0.368 e. The van der Waals surface area contributed by atoms with E-state index < -0.39 is 0 Å². The van der Waals surface area contributed by atoms with Gasteiger partial charge in [0.1, 0.15) is 6.61 Å². The maximum Gasteiger partial charge on any atom is 0.226 e. The molecule has 0 aliphatic heterocycles. The molecule has 0 aromatic heterocycles. The van der Waals surface area contributed by atoms with Crippen LogP contribution in [0.5, 0.6) is 0 Å². The number of amides is 1. The highest BCUT2D eigenvalue weighted by molar-refractivity contribution is 9.10. The Kier molecular flexibility index (Phi) is 6.06. The van der Waals surface area contributed by atoms with Gasteiger partial charge in [-0.25, -0.2) is 0 Å². The Morgan fingerprint density at radius 2 is 2.35 bits per heavy atom. The van der Waals surface area contributed by atoms with Crippen molar-refractivity contribution < 1.29 is 9.53 Å². The van der Waals surface area contributed by atoms with Gasteiger partial charge >= 0.3 is 0 Å². The fourth-order valence-corrected chi connectivity index (χ4v) is 1.63. The number of halogens is 2. The van der Waals surface area contributed by atoms with E-state index in [0.29, 0.717) is 17.3 Å². The monoisotopic (exact) mass is 315 g/mol. The highest BCUT2D eigenvalue weighted by Crippen LogP contribution is 2.25. The van der Waals surface area contributed by atoms with Crippen LogP contribution in [0, 0.1) is 12.3 Å². The highest BCUT2D eigenvalue weighted by Gasteiger charge is 2.06. The quantitative estimate of drug-likeness (QED) is 0.670. The van der Waals surface area contributed by atoms with Crippen LogP contribution in [-0.4, -0.2) is 19.1 Å². The van der Waals surface area contributed by atoms with Gasteiger partial charge in [0, 0.05) is 4.47 Å². The summed E-state index contributed by atoms with van der Waals surface area (Å²) in [5, 5.41) is 3.19. The lowest BCUT2D eigenvalue weighted by molar-refractivity contribution is -0.117. The van der Waals surface area contributed by atoms with Crippen LogP contribution in [0.1, 0.15) is 6.42 Å². The maximum atomic E-state index is 11.5. The molecule has 90 valence electrons. The fourth-order valence-electron chi connectivity index (χ4n) is 1.10. The van der Waals surface area contributed by atoms with Gasteiger partial charge in [0.25, 0.3) is 0 Å². The molecule has 0 fully saturated rings. The van der Waals surface area contributed by atoms with E-state index in [-0.39, 0.29) is 18.9 Å². The minimum absolute atomic E-state index is 0.165. The van der Waals surface area contributed by atoms with Gasteiger partial charge in [0.2, 0.25) is 5.91 Å². The van der Waals surface area contributed by atoms with E-state index in [2.05, 4.69) is 27.2 Å². The molecule has 0 spiro atoms. The fraction of sp³-hybridized carbons (Fsp3) is 0.250. The topological polar surface area (TPSA) is 38.3 Å². The van der Waals surface area contributed by atoms with Gasteiger partial charge in [-0.2, -0.15) is 0 Å². The molecule has 1 aromatic rings. The van der Waals surface area contributed by atoms with Gasteiger partial charge in [0.15, 0.2) is 0 Å². The molecular formula is C12H11BrClNO2. The molecule has 0 bridgehead atoms. The molecule has 3 nitrogen and oxygen atoms in total. The standard InChI is InChI=1S/C12H11BrClNO2/c1-2-6-17-7-5-12(16)15-11-8-9(13)3-4-10(11)14/h1,3-4,8H,5-7H2,(H,15,16). The number of nitrogens with one attached hydrogen (secondary N) is 1. The first kappa shape index (κ1) is 14.0. The van der Waals surface area contributed by atoms with E-state index in [1.165, 1.54) is 0 Å². The molecule has 0 atom stereocenters. The van der Waals surface area contributed by atoms with Crippen LogP contribution in [0.3, 0.4) is 0 Å². The van der Waals surface area contributed by atoms with Crippen LogP contribution in [0.25, 0.3) is 0 Å². The number of benzene rings is 1. The third-order valence-corrected chi connectivity index (χ3v) is 2.68. The largest absolute Gasteiger partial charge is 0.368 e. The van der Waals surface area contributed by atoms with Crippen molar-refractivity contribution in [3.63, 3.8) is 0 Å². The number of carbonyl (C=O) groups excluding carboxylic acids is 1. The lowest BCUT2D eigenvalue weighted by atomic mass is 10.3. The second kappa shape index (κ2) is 7.33. The number of carbonyl (C=O) groups is 1. The molecule has 1 rings (SSSR count). The van der Waals surface area contributed by atoms with Crippen molar-refractivity contribution in [2.24, 2.45) is 0 Å². The van der Waals surface area contributed by atoms with Crippen molar-refractivity contribution in [2.45, 2.75) is 6.42 Å². The SMILES string of the molecule is C#CCOCCC(=O)Nc1cc(Br)ccc1Cl. The van der Waals surface area contributed by atoms with Gasteiger partial charge in [-0.15, -0.1) is 6.42 Å². The van der Waals surface area contributed by atoms with Crippen molar-refractivity contribution >= 4 is 39.1 Å². The minimum atomic E-state index is -0.165. The zero-order valence-corrected chi connectivity index (χ0v) is 11.3. The van der Waals surface area contributed by atoms with Crippen LogP contribution in [0.4, 0.5) is 5.69 Å². The summed E-state index contributed by atoms with van der Waals surface area (Å²) in [5.41, 5.74) is 0.572. The Morgan fingerprint density at radius 3 is 3.06 bits per heavy atom. The van der Waals surface area contributed by atoms with E-state index >= 15 is 0 Å². The van der Waals surface area contributed by atoms with Crippen LogP contribution < -0.4 is 5.32 Å². The molecule has 0 radical (unpaired) electrons. The van der Waals surface area contributed by atoms with Crippen molar-refractivity contribution in [1.82, 2.24) is 0 Å². The zero-order chi connectivity index (χ0) is 12.7. The molecule has 5 heteroatoms. The molecule has 1 amide bonds. The van der Waals surface area contributed by atoms with Crippen LogP contribution in [0.15, 0.2) is 22.7 Å². The van der Waals surface area contributed by atoms with Gasteiger partial charge in [0.05, 0.1) is 23.7 Å². The van der Waals surface area contributed by atoms with Crippen molar-refractivity contribution in [3.05, 3.63) is 27.7 Å². The van der Waals surface area contributed by atoms with Crippen molar-refractivity contribution in [3.8, 4) is 12.3 Å². The summed E-state index contributed by atoms with van der Waals surface area (Å²) in [6.07, 6.45) is 5.25. The average molecular weight is 317 g/mol. The first-order chi connectivity index (χ1) is 8.13. The van der Waals surface area contributed by atoms with E-state index in [4.69, 9.17) is 22.8 Å². The summed E-state index contributed by atoms with van der Waals surface area (Å²) >= 11 is 9.23. The molecule has 0 saturated carbocycles. The normalized spacial score (nSPS) is 9.71. The predicted octanol–water partition coefficient (Wildman–Crippen LogP) is 3.08. The zero-order valence-electron chi connectivity index (χ0n) is 9.00. The van der Waals surface area contributed by atoms with Crippen LogP contribution >= 0.6 is 27.5 Å². The number of hydrogen-bond donors (Lipinski definition) is 1. The molecule has 0 unspecified atom stereocenters.